The van der Waals surface area contributed by atoms with Crippen LogP contribution in [-0.4, -0.2) is 32.6 Å². The van der Waals surface area contributed by atoms with Crippen molar-refractivity contribution in [1.29, 1.82) is 0 Å². The lowest BCUT2D eigenvalue weighted by molar-refractivity contribution is -0.138. The van der Waals surface area contributed by atoms with Crippen molar-refractivity contribution in [3.8, 4) is 0 Å². The predicted octanol–water partition coefficient (Wildman–Crippen LogP) is 3.42. The van der Waals surface area contributed by atoms with E-state index in [-0.39, 0.29) is 5.91 Å². The molecule has 0 radical (unpaired) electrons. The number of rotatable bonds is 5. The van der Waals surface area contributed by atoms with Crippen molar-refractivity contribution >= 4 is 5.91 Å². The van der Waals surface area contributed by atoms with Gasteiger partial charge in [-0.15, -0.1) is 10.2 Å². The molecule has 0 aliphatic heterocycles. The molecule has 4 saturated carbocycles. The smallest absolute Gasteiger partial charge is 0.223 e. The summed E-state index contributed by atoms with van der Waals surface area (Å²) in [6.07, 6.45) is 10.7. The van der Waals surface area contributed by atoms with Crippen LogP contribution in [0, 0.1) is 23.2 Å². The fraction of sp³-hybridized carbons (Fsp3) is 0.842. The van der Waals surface area contributed by atoms with Crippen molar-refractivity contribution in [2.24, 2.45) is 23.2 Å². The Morgan fingerprint density at radius 3 is 2.38 bits per heavy atom. The van der Waals surface area contributed by atoms with Crippen LogP contribution in [0.2, 0.25) is 0 Å². The first-order valence-corrected chi connectivity index (χ1v) is 9.56. The van der Waals surface area contributed by atoms with E-state index in [9.17, 15) is 4.79 Å². The van der Waals surface area contributed by atoms with Crippen LogP contribution in [0.4, 0.5) is 0 Å². The van der Waals surface area contributed by atoms with Gasteiger partial charge in [-0.3, -0.25) is 4.79 Å². The summed E-state index contributed by atoms with van der Waals surface area (Å²) in [7, 11) is 1.92. The number of carbonyl (C=O) groups is 1. The van der Waals surface area contributed by atoms with Crippen LogP contribution in [0.1, 0.15) is 70.7 Å². The summed E-state index contributed by atoms with van der Waals surface area (Å²) in [5.41, 5.74) is 0.311. The molecule has 0 aromatic carbocycles. The van der Waals surface area contributed by atoms with Crippen LogP contribution >= 0.6 is 0 Å². The number of carbonyl (C=O) groups excluding carboxylic acids is 1. The van der Waals surface area contributed by atoms with Gasteiger partial charge < -0.3 is 9.47 Å². The summed E-state index contributed by atoms with van der Waals surface area (Å²) in [4.78, 5) is 14.8. The van der Waals surface area contributed by atoms with E-state index in [2.05, 4.69) is 28.6 Å². The quantitative estimate of drug-likeness (QED) is 0.831. The zero-order chi connectivity index (χ0) is 16.9. The van der Waals surface area contributed by atoms with E-state index >= 15 is 0 Å². The molecule has 0 unspecified atom stereocenters. The van der Waals surface area contributed by atoms with Crippen molar-refractivity contribution in [1.82, 2.24) is 19.7 Å². The molecule has 0 atom stereocenters. The Bertz CT molecular complexity index is 585. The lowest BCUT2D eigenvalue weighted by Crippen LogP contribution is -2.48. The highest BCUT2D eigenvalue weighted by Gasteiger charge is 2.51. The van der Waals surface area contributed by atoms with Gasteiger partial charge in [0, 0.05) is 19.5 Å². The van der Waals surface area contributed by atoms with E-state index in [4.69, 9.17) is 0 Å². The SMILES string of the molecule is CC(C)n1cnnc1CN(C)C(=O)CC12CC3CC(CC(C3)C1)C2. The molecule has 1 aromatic heterocycles. The third-order valence-corrected chi connectivity index (χ3v) is 6.70. The maximum absolute atomic E-state index is 12.9. The Morgan fingerprint density at radius 2 is 1.83 bits per heavy atom. The number of aromatic nitrogens is 3. The van der Waals surface area contributed by atoms with Gasteiger partial charge in [0.15, 0.2) is 5.82 Å². The second kappa shape index (κ2) is 5.85. The average molecular weight is 330 g/mol. The van der Waals surface area contributed by atoms with E-state index in [0.717, 1.165) is 30.0 Å². The molecule has 4 aliphatic rings. The maximum atomic E-state index is 12.9. The Morgan fingerprint density at radius 1 is 1.25 bits per heavy atom. The second-order valence-electron chi connectivity index (χ2n) is 9.09. The molecule has 4 aliphatic carbocycles. The van der Waals surface area contributed by atoms with Crippen LogP contribution in [-0.2, 0) is 11.3 Å². The topological polar surface area (TPSA) is 51.0 Å². The zero-order valence-electron chi connectivity index (χ0n) is 15.2. The monoisotopic (exact) mass is 330 g/mol. The summed E-state index contributed by atoms with van der Waals surface area (Å²) in [5.74, 6) is 3.87. The van der Waals surface area contributed by atoms with Gasteiger partial charge in [0.2, 0.25) is 5.91 Å². The number of hydrogen-bond acceptors (Lipinski definition) is 3. The van der Waals surface area contributed by atoms with E-state index in [1.807, 2.05) is 11.9 Å². The van der Waals surface area contributed by atoms with Crippen molar-refractivity contribution in [3.05, 3.63) is 12.2 Å². The molecule has 5 rings (SSSR count). The molecule has 1 aromatic rings. The van der Waals surface area contributed by atoms with Gasteiger partial charge in [-0.05, 0) is 75.5 Å². The summed E-state index contributed by atoms with van der Waals surface area (Å²) >= 11 is 0. The largest absolute Gasteiger partial charge is 0.338 e. The Hall–Kier alpha value is -1.39. The van der Waals surface area contributed by atoms with Crippen LogP contribution in [0.5, 0.6) is 0 Å². The van der Waals surface area contributed by atoms with Gasteiger partial charge in [0.25, 0.3) is 0 Å². The standard InChI is InChI=1S/C19H30N4O/c1-13(2)23-12-20-21-17(23)11-22(3)18(24)10-19-7-14-4-15(8-19)6-16(5-14)9-19/h12-16H,4-11H2,1-3H3. The third kappa shape index (κ3) is 2.86. The van der Waals surface area contributed by atoms with Gasteiger partial charge in [-0.1, -0.05) is 0 Å². The maximum Gasteiger partial charge on any atom is 0.223 e. The van der Waals surface area contributed by atoms with E-state index in [0.29, 0.717) is 18.0 Å². The highest BCUT2D eigenvalue weighted by atomic mass is 16.2. The van der Waals surface area contributed by atoms with Crippen molar-refractivity contribution in [2.45, 2.75) is 71.4 Å². The van der Waals surface area contributed by atoms with Crippen molar-refractivity contribution in [3.63, 3.8) is 0 Å². The van der Waals surface area contributed by atoms with E-state index in [1.54, 1.807) is 6.33 Å². The molecule has 1 amide bonds. The average Bonchev–Trinajstić information content (AvgIpc) is 2.93. The Labute approximate surface area is 144 Å². The number of hydrogen-bond donors (Lipinski definition) is 0. The fourth-order valence-electron chi connectivity index (χ4n) is 6.07. The molecule has 5 heteroatoms. The van der Waals surface area contributed by atoms with Gasteiger partial charge >= 0.3 is 0 Å². The Balaban J connectivity index is 1.42. The molecule has 24 heavy (non-hydrogen) atoms. The first-order chi connectivity index (χ1) is 11.4. The minimum absolute atomic E-state index is 0.287. The molecule has 0 N–H and O–H groups in total. The summed E-state index contributed by atoms with van der Waals surface area (Å²) in [5, 5.41) is 8.22. The van der Waals surface area contributed by atoms with Gasteiger partial charge in [0.1, 0.15) is 6.33 Å². The minimum atomic E-state index is 0.287. The van der Waals surface area contributed by atoms with E-state index in [1.165, 1.54) is 38.5 Å². The summed E-state index contributed by atoms with van der Waals surface area (Å²) in [6.45, 7) is 4.79. The first-order valence-electron chi connectivity index (χ1n) is 9.56. The normalized spacial score (nSPS) is 34.1. The third-order valence-electron chi connectivity index (χ3n) is 6.70. The van der Waals surface area contributed by atoms with Gasteiger partial charge in [-0.25, -0.2) is 0 Å². The Kier molecular flexibility index (Phi) is 3.92. The van der Waals surface area contributed by atoms with Gasteiger partial charge in [0.05, 0.1) is 6.54 Å². The fourth-order valence-corrected chi connectivity index (χ4v) is 6.07. The summed E-state index contributed by atoms with van der Waals surface area (Å²) in [6, 6.07) is 0.321. The van der Waals surface area contributed by atoms with Gasteiger partial charge in [-0.2, -0.15) is 0 Å². The van der Waals surface area contributed by atoms with E-state index < -0.39 is 0 Å². The van der Waals surface area contributed by atoms with Crippen molar-refractivity contribution < 1.29 is 4.79 Å². The molecule has 5 nitrogen and oxygen atoms in total. The molecule has 0 spiro atoms. The molecule has 4 fully saturated rings. The minimum Gasteiger partial charge on any atom is -0.338 e. The first kappa shape index (κ1) is 16.1. The second-order valence-corrected chi connectivity index (χ2v) is 9.09. The molecule has 4 bridgehead atoms. The predicted molar refractivity (Wildman–Crippen MR) is 92.1 cm³/mol. The lowest BCUT2D eigenvalue weighted by Gasteiger charge is -2.56. The molecular weight excluding hydrogens is 300 g/mol. The number of nitrogens with zero attached hydrogens (tertiary/aromatic N) is 4. The molecule has 1 heterocycles. The lowest BCUT2D eigenvalue weighted by atomic mass is 9.49. The summed E-state index contributed by atoms with van der Waals surface area (Å²) < 4.78 is 2.05. The van der Waals surface area contributed by atoms with Crippen LogP contribution in [0.15, 0.2) is 6.33 Å². The molecule has 0 saturated heterocycles. The van der Waals surface area contributed by atoms with Crippen LogP contribution in [0.25, 0.3) is 0 Å². The van der Waals surface area contributed by atoms with Crippen molar-refractivity contribution in [2.75, 3.05) is 7.05 Å². The zero-order valence-corrected chi connectivity index (χ0v) is 15.2. The van der Waals surface area contributed by atoms with Crippen LogP contribution in [0.3, 0.4) is 0 Å². The highest BCUT2D eigenvalue weighted by Crippen LogP contribution is 2.61. The number of amides is 1. The molecule has 132 valence electrons. The van der Waals surface area contributed by atoms with Crippen LogP contribution < -0.4 is 0 Å². The molecular formula is C19H30N4O. The highest BCUT2D eigenvalue weighted by molar-refractivity contribution is 5.76.